The summed E-state index contributed by atoms with van der Waals surface area (Å²) in [6.07, 6.45) is 5.31. The Balaban J connectivity index is 1.76. The van der Waals surface area contributed by atoms with Crippen LogP contribution in [0.3, 0.4) is 0 Å². The lowest BCUT2D eigenvalue weighted by molar-refractivity contribution is 0.567. The molecular formula is C13H15ClFN. The van der Waals surface area contributed by atoms with Crippen LogP contribution in [0.4, 0.5) is 10.1 Å². The minimum atomic E-state index is -0.273. The summed E-state index contributed by atoms with van der Waals surface area (Å²) >= 11 is 6.02. The molecule has 3 rings (SSSR count). The van der Waals surface area contributed by atoms with Crippen LogP contribution in [0.2, 0.25) is 5.02 Å². The van der Waals surface area contributed by atoms with Crippen LogP contribution in [-0.2, 0) is 0 Å². The van der Waals surface area contributed by atoms with E-state index in [1.807, 2.05) is 0 Å². The zero-order valence-corrected chi connectivity index (χ0v) is 9.80. The van der Waals surface area contributed by atoms with E-state index in [9.17, 15) is 4.39 Å². The minimum absolute atomic E-state index is 0.273. The second kappa shape index (κ2) is 3.92. The molecule has 0 radical (unpaired) electrons. The number of nitrogens with one attached hydrogen (secondary N) is 1. The van der Waals surface area contributed by atoms with Gasteiger partial charge in [0.25, 0.3) is 0 Å². The molecule has 2 aliphatic carbocycles. The first-order valence-corrected chi connectivity index (χ1v) is 6.33. The van der Waals surface area contributed by atoms with Crippen molar-refractivity contribution in [2.75, 3.05) is 5.32 Å². The van der Waals surface area contributed by atoms with Crippen molar-refractivity contribution >= 4 is 17.3 Å². The predicted octanol–water partition coefficient (Wildman–Crippen LogP) is 4.08. The minimum Gasteiger partial charge on any atom is -0.381 e. The van der Waals surface area contributed by atoms with Crippen molar-refractivity contribution in [2.45, 2.75) is 31.7 Å². The van der Waals surface area contributed by atoms with E-state index in [0.717, 1.165) is 17.5 Å². The van der Waals surface area contributed by atoms with E-state index in [4.69, 9.17) is 11.6 Å². The Morgan fingerprint density at radius 2 is 1.81 bits per heavy atom. The van der Waals surface area contributed by atoms with Crippen LogP contribution >= 0.6 is 11.6 Å². The van der Waals surface area contributed by atoms with Crippen molar-refractivity contribution in [1.82, 2.24) is 0 Å². The highest BCUT2D eigenvalue weighted by Crippen LogP contribution is 2.46. The molecule has 0 heterocycles. The summed E-state index contributed by atoms with van der Waals surface area (Å²) in [4.78, 5) is 0. The molecule has 1 nitrogen and oxygen atoms in total. The summed E-state index contributed by atoms with van der Waals surface area (Å²) in [6.45, 7) is 0. The lowest BCUT2D eigenvalue weighted by Crippen LogP contribution is -2.24. The number of halogens is 2. The number of rotatable bonds is 4. The molecule has 2 aliphatic rings. The Bertz CT molecular complexity index is 387. The van der Waals surface area contributed by atoms with Gasteiger partial charge in [-0.2, -0.15) is 0 Å². The third-order valence-electron chi connectivity index (χ3n) is 3.51. The molecule has 16 heavy (non-hydrogen) atoms. The van der Waals surface area contributed by atoms with Gasteiger partial charge in [0.2, 0.25) is 0 Å². The van der Waals surface area contributed by atoms with Gasteiger partial charge in [0.15, 0.2) is 0 Å². The molecule has 0 saturated heterocycles. The monoisotopic (exact) mass is 239 g/mol. The number of benzene rings is 1. The molecule has 0 unspecified atom stereocenters. The molecule has 86 valence electrons. The van der Waals surface area contributed by atoms with Gasteiger partial charge in [0.1, 0.15) is 5.82 Å². The third kappa shape index (κ3) is 2.17. The SMILES string of the molecule is Fc1ccc(NC(C2CC2)C2CC2)c(Cl)c1. The van der Waals surface area contributed by atoms with Crippen LogP contribution in [-0.4, -0.2) is 6.04 Å². The maximum atomic E-state index is 12.9. The highest BCUT2D eigenvalue weighted by atomic mass is 35.5. The summed E-state index contributed by atoms with van der Waals surface area (Å²) in [5, 5.41) is 3.99. The van der Waals surface area contributed by atoms with Crippen LogP contribution in [0.25, 0.3) is 0 Å². The molecule has 1 aromatic carbocycles. The van der Waals surface area contributed by atoms with E-state index in [1.54, 1.807) is 6.07 Å². The molecule has 1 aromatic rings. The maximum Gasteiger partial charge on any atom is 0.124 e. The van der Waals surface area contributed by atoms with Crippen molar-refractivity contribution in [2.24, 2.45) is 11.8 Å². The topological polar surface area (TPSA) is 12.0 Å². The Labute approximate surface area is 100.0 Å². The highest BCUT2D eigenvalue weighted by molar-refractivity contribution is 6.33. The zero-order chi connectivity index (χ0) is 11.1. The van der Waals surface area contributed by atoms with Crippen LogP contribution in [0.15, 0.2) is 18.2 Å². The Morgan fingerprint density at radius 3 is 2.31 bits per heavy atom. The van der Waals surface area contributed by atoms with E-state index in [-0.39, 0.29) is 5.82 Å². The van der Waals surface area contributed by atoms with E-state index >= 15 is 0 Å². The van der Waals surface area contributed by atoms with Gasteiger partial charge in [-0.25, -0.2) is 4.39 Å². The lowest BCUT2D eigenvalue weighted by atomic mass is 10.1. The summed E-state index contributed by atoms with van der Waals surface area (Å²) < 4.78 is 12.9. The fourth-order valence-corrected chi connectivity index (χ4v) is 2.54. The van der Waals surface area contributed by atoms with Crippen molar-refractivity contribution in [3.8, 4) is 0 Å². The van der Waals surface area contributed by atoms with E-state index in [2.05, 4.69) is 5.32 Å². The Morgan fingerprint density at radius 1 is 1.19 bits per heavy atom. The second-order valence-electron chi connectivity index (χ2n) is 4.97. The fourth-order valence-electron chi connectivity index (χ4n) is 2.32. The van der Waals surface area contributed by atoms with Gasteiger partial charge in [0, 0.05) is 6.04 Å². The van der Waals surface area contributed by atoms with Crippen LogP contribution in [0.1, 0.15) is 25.7 Å². The van der Waals surface area contributed by atoms with Crippen molar-refractivity contribution in [1.29, 1.82) is 0 Å². The molecule has 0 atom stereocenters. The first kappa shape index (κ1) is 10.4. The molecule has 1 N–H and O–H groups in total. The zero-order valence-electron chi connectivity index (χ0n) is 9.05. The smallest absolute Gasteiger partial charge is 0.124 e. The molecule has 0 spiro atoms. The number of anilines is 1. The molecule has 0 aromatic heterocycles. The number of hydrogen-bond acceptors (Lipinski definition) is 1. The first-order chi connectivity index (χ1) is 7.74. The molecule has 0 amide bonds. The fraction of sp³-hybridized carbons (Fsp3) is 0.538. The summed E-state index contributed by atoms with van der Waals surface area (Å²) in [7, 11) is 0. The van der Waals surface area contributed by atoms with Gasteiger partial charge in [-0.15, -0.1) is 0 Å². The van der Waals surface area contributed by atoms with Crippen LogP contribution in [0.5, 0.6) is 0 Å². The summed E-state index contributed by atoms with van der Waals surface area (Å²) in [5.41, 5.74) is 0.881. The van der Waals surface area contributed by atoms with Crippen molar-refractivity contribution < 1.29 is 4.39 Å². The van der Waals surface area contributed by atoms with Crippen LogP contribution in [0, 0.1) is 17.7 Å². The number of hydrogen-bond donors (Lipinski definition) is 1. The van der Waals surface area contributed by atoms with Gasteiger partial charge >= 0.3 is 0 Å². The van der Waals surface area contributed by atoms with Gasteiger partial charge in [-0.3, -0.25) is 0 Å². The van der Waals surface area contributed by atoms with Gasteiger partial charge in [0.05, 0.1) is 10.7 Å². The Hall–Kier alpha value is -0.760. The quantitative estimate of drug-likeness (QED) is 0.835. The van der Waals surface area contributed by atoms with Gasteiger partial charge in [-0.05, 0) is 55.7 Å². The standard InChI is InChI=1S/C13H15ClFN/c14-11-7-10(15)5-6-12(11)16-13(8-1-2-8)9-3-4-9/h5-9,13,16H,1-4H2. The van der Waals surface area contributed by atoms with Crippen molar-refractivity contribution in [3.63, 3.8) is 0 Å². The Kier molecular flexibility index (Phi) is 2.55. The average Bonchev–Trinajstić information content (AvgIpc) is 3.11. The summed E-state index contributed by atoms with van der Waals surface area (Å²) in [6, 6.07) is 5.14. The highest BCUT2D eigenvalue weighted by Gasteiger charge is 2.41. The maximum absolute atomic E-state index is 12.9. The molecular weight excluding hydrogens is 225 g/mol. The third-order valence-corrected chi connectivity index (χ3v) is 3.83. The average molecular weight is 240 g/mol. The molecule has 0 aliphatic heterocycles. The molecule has 2 fully saturated rings. The molecule has 2 saturated carbocycles. The lowest BCUT2D eigenvalue weighted by Gasteiger charge is -2.19. The van der Waals surface area contributed by atoms with Gasteiger partial charge in [-0.1, -0.05) is 11.6 Å². The van der Waals surface area contributed by atoms with Crippen molar-refractivity contribution in [3.05, 3.63) is 29.0 Å². The van der Waals surface area contributed by atoms with Gasteiger partial charge < -0.3 is 5.32 Å². The predicted molar refractivity (Wildman–Crippen MR) is 64.3 cm³/mol. The normalized spacial score (nSPS) is 20.2. The first-order valence-electron chi connectivity index (χ1n) is 5.95. The molecule has 0 bridgehead atoms. The largest absolute Gasteiger partial charge is 0.381 e. The van der Waals surface area contributed by atoms with E-state index in [1.165, 1.54) is 37.8 Å². The summed E-state index contributed by atoms with van der Waals surface area (Å²) in [5.74, 6) is 1.35. The second-order valence-corrected chi connectivity index (χ2v) is 5.38. The molecule has 3 heteroatoms. The van der Waals surface area contributed by atoms with Crippen LogP contribution < -0.4 is 5.32 Å². The van der Waals surface area contributed by atoms with E-state index < -0.39 is 0 Å². The van der Waals surface area contributed by atoms with E-state index in [0.29, 0.717) is 11.1 Å².